The van der Waals surface area contributed by atoms with Gasteiger partial charge in [0.25, 0.3) is 0 Å². The highest BCUT2D eigenvalue weighted by Crippen LogP contribution is 2.36. The van der Waals surface area contributed by atoms with Crippen LogP contribution in [0, 0.1) is 0 Å². The van der Waals surface area contributed by atoms with Crippen molar-refractivity contribution in [1.29, 1.82) is 0 Å². The van der Waals surface area contributed by atoms with Crippen molar-refractivity contribution < 1.29 is 0 Å². The minimum Gasteiger partial charge on any atom is -0.370 e. The molecule has 0 aromatic heterocycles. The molecule has 2 N–H and O–H groups in total. The zero-order chi connectivity index (χ0) is 11.6. The van der Waals surface area contributed by atoms with E-state index in [1.165, 1.54) is 32.1 Å². The molecule has 16 heavy (non-hydrogen) atoms. The van der Waals surface area contributed by atoms with Crippen molar-refractivity contribution in [2.75, 3.05) is 33.7 Å². The largest absolute Gasteiger partial charge is 0.370 e. The Balaban J connectivity index is 2.02. The minimum absolute atomic E-state index is 0.276. The molecular weight excluding hydrogens is 200 g/mol. The number of hydrogen-bond donors (Lipinski definition) is 1. The number of aliphatic imine (C=N–C) groups is 1. The van der Waals surface area contributed by atoms with Gasteiger partial charge in [-0.05, 0) is 26.9 Å². The monoisotopic (exact) mass is 224 g/mol. The van der Waals surface area contributed by atoms with Gasteiger partial charge in [-0.2, -0.15) is 0 Å². The molecule has 92 valence electrons. The van der Waals surface area contributed by atoms with Crippen molar-refractivity contribution in [3.05, 3.63) is 0 Å². The van der Waals surface area contributed by atoms with Gasteiger partial charge in [0.2, 0.25) is 0 Å². The second-order valence-corrected chi connectivity index (χ2v) is 5.41. The van der Waals surface area contributed by atoms with E-state index in [1.807, 2.05) is 0 Å². The van der Waals surface area contributed by atoms with Gasteiger partial charge in [-0.1, -0.05) is 19.3 Å². The molecule has 0 unspecified atom stereocenters. The van der Waals surface area contributed by atoms with Crippen molar-refractivity contribution in [1.82, 2.24) is 9.80 Å². The van der Waals surface area contributed by atoms with Crippen molar-refractivity contribution in [2.24, 2.45) is 10.7 Å². The van der Waals surface area contributed by atoms with E-state index in [1.54, 1.807) is 0 Å². The second kappa shape index (κ2) is 4.62. The molecule has 4 nitrogen and oxygen atoms in total. The lowest BCUT2D eigenvalue weighted by molar-refractivity contribution is 0.133. The molecule has 1 spiro atoms. The van der Waals surface area contributed by atoms with Gasteiger partial charge in [0, 0.05) is 13.1 Å². The zero-order valence-corrected chi connectivity index (χ0v) is 10.6. The maximum atomic E-state index is 6.03. The highest BCUT2D eigenvalue weighted by Gasteiger charge is 2.42. The van der Waals surface area contributed by atoms with Crippen molar-refractivity contribution >= 4 is 5.96 Å². The normalized spacial score (nSPS) is 24.2. The van der Waals surface area contributed by atoms with Gasteiger partial charge < -0.3 is 15.5 Å². The van der Waals surface area contributed by atoms with Crippen LogP contribution in [0.1, 0.15) is 32.1 Å². The summed E-state index contributed by atoms with van der Waals surface area (Å²) >= 11 is 0. The van der Waals surface area contributed by atoms with Crippen LogP contribution in [0.5, 0.6) is 0 Å². The summed E-state index contributed by atoms with van der Waals surface area (Å²) in [6.45, 7) is 2.99. The molecule has 2 aliphatic rings. The van der Waals surface area contributed by atoms with Gasteiger partial charge in [-0.25, -0.2) is 0 Å². The fourth-order valence-electron chi connectivity index (χ4n) is 2.93. The van der Waals surface area contributed by atoms with Gasteiger partial charge >= 0.3 is 0 Å². The van der Waals surface area contributed by atoms with Crippen LogP contribution in [0.2, 0.25) is 0 Å². The van der Waals surface area contributed by atoms with Crippen LogP contribution in [0.4, 0.5) is 0 Å². The van der Waals surface area contributed by atoms with Gasteiger partial charge in [0.1, 0.15) is 0 Å². The molecule has 1 aliphatic heterocycles. The second-order valence-electron chi connectivity index (χ2n) is 5.41. The predicted molar refractivity (Wildman–Crippen MR) is 67.6 cm³/mol. The molecule has 4 heteroatoms. The van der Waals surface area contributed by atoms with Crippen LogP contribution in [0.15, 0.2) is 4.99 Å². The summed E-state index contributed by atoms with van der Waals surface area (Å²) in [7, 11) is 4.22. The number of likely N-dealkylation sites (N-methyl/N-ethyl adjacent to an activating group) is 1. The number of rotatable bonds is 3. The molecule has 1 heterocycles. The van der Waals surface area contributed by atoms with E-state index in [9.17, 15) is 0 Å². The third kappa shape index (κ3) is 2.17. The summed E-state index contributed by atoms with van der Waals surface area (Å²) in [5, 5.41) is 0. The minimum atomic E-state index is 0.276. The van der Waals surface area contributed by atoms with Crippen LogP contribution < -0.4 is 5.73 Å². The van der Waals surface area contributed by atoms with Crippen molar-refractivity contribution in [2.45, 2.75) is 37.6 Å². The first-order chi connectivity index (χ1) is 7.64. The van der Waals surface area contributed by atoms with Crippen LogP contribution in [0.25, 0.3) is 0 Å². The molecule has 0 amide bonds. The first kappa shape index (κ1) is 11.7. The molecule has 0 saturated heterocycles. The molecule has 2 rings (SSSR count). The van der Waals surface area contributed by atoms with E-state index in [-0.39, 0.29) is 5.54 Å². The van der Waals surface area contributed by atoms with Crippen molar-refractivity contribution in [3.8, 4) is 0 Å². The van der Waals surface area contributed by atoms with E-state index in [0.717, 1.165) is 25.6 Å². The zero-order valence-electron chi connectivity index (χ0n) is 10.6. The Hall–Kier alpha value is -0.770. The lowest BCUT2D eigenvalue weighted by Gasteiger charge is -2.42. The van der Waals surface area contributed by atoms with Crippen LogP contribution in [-0.4, -0.2) is 55.0 Å². The van der Waals surface area contributed by atoms with Gasteiger partial charge in [0.05, 0.1) is 12.1 Å². The fourth-order valence-corrected chi connectivity index (χ4v) is 2.93. The lowest BCUT2D eigenvalue weighted by atomic mass is 9.81. The Kier molecular flexibility index (Phi) is 3.38. The molecule has 0 aromatic rings. The highest BCUT2D eigenvalue weighted by atomic mass is 15.4. The number of guanidine groups is 1. The van der Waals surface area contributed by atoms with Gasteiger partial charge in [-0.15, -0.1) is 0 Å². The molecule has 1 fully saturated rings. The highest BCUT2D eigenvalue weighted by molar-refractivity contribution is 5.81. The number of nitrogens with zero attached hydrogens (tertiary/aromatic N) is 3. The van der Waals surface area contributed by atoms with E-state index in [0.29, 0.717) is 0 Å². The molecule has 0 bridgehead atoms. The molecule has 0 aromatic carbocycles. The summed E-state index contributed by atoms with van der Waals surface area (Å²) in [6.07, 6.45) is 6.58. The first-order valence-electron chi connectivity index (χ1n) is 6.36. The standard InChI is InChI=1S/C12H24N4/c1-15(2)8-9-16-11(13)14-10-12(16)6-4-3-5-7-12/h3-10H2,1-2H3,(H2,13,14). The van der Waals surface area contributed by atoms with Gasteiger partial charge in [-0.3, -0.25) is 4.99 Å². The molecular formula is C12H24N4. The summed E-state index contributed by atoms with van der Waals surface area (Å²) in [5.74, 6) is 0.767. The van der Waals surface area contributed by atoms with Crippen LogP contribution in [0.3, 0.4) is 0 Å². The fraction of sp³-hybridized carbons (Fsp3) is 0.917. The predicted octanol–water partition coefficient (Wildman–Crippen LogP) is 0.881. The quantitative estimate of drug-likeness (QED) is 0.774. The van der Waals surface area contributed by atoms with E-state index in [4.69, 9.17) is 5.73 Å². The Morgan fingerprint density at radius 3 is 2.62 bits per heavy atom. The maximum Gasteiger partial charge on any atom is 0.191 e. The van der Waals surface area contributed by atoms with Crippen LogP contribution >= 0.6 is 0 Å². The van der Waals surface area contributed by atoms with Crippen LogP contribution in [-0.2, 0) is 0 Å². The van der Waals surface area contributed by atoms with E-state index < -0.39 is 0 Å². The summed E-state index contributed by atoms with van der Waals surface area (Å²) in [4.78, 5) is 9.05. The van der Waals surface area contributed by atoms with E-state index >= 15 is 0 Å². The average molecular weight is 224 g/mol. The molecule has 1 saturated carbocycles. The smallest absolute Gasteiger partial charge is 0.191 e. The van der Waals surface area contributed by atoms with Crippen molar-refractivity contribution in [3.63, 3.8) is 0 Å². The third-order valence-electron chi connectivity index (χ3n) is 3.94. The molecule has 0 radical (unpaired) electrons. The Labute approximate surface area is 98.5 Å². The first-order valence-corrected chi connectivity index (χ1v) is 6.36. The number of hydrogen-bond acceptors (Lipinski definition) is 4. The molecule has 0 atom stereocenters. The average Bonchev–Trinajstić information content (AvgIpc) is 2.55. The number of nitrogens with two attached hydrogens (primary N) is 1. The maximum absolute atomic E-state index is 6.03. The SMILES string of the molecule is CN(C)CCN1C(N)=NCC12CCCCC2. The Bertz CT molecular complexity index is 266. The summed E-state index contributed by atoms with van der Waals surface area (Å²) in [6, 6.07) is 0. The third-order valence-corrected chi connectivity index (χ3v) is 3.94. The Morgan fingerprint density at radius 1 is 1.31 bits per heavy atom. The lowest BCUT2D eigenvalue weighted by Crippen LogP contribution is -2.54. The topological polar surface area (TPSA) is 44.9 Å². The van der Waals surface area contributed by atoms with Gasteiger partial charge in [0.15, 0.2) is 5.96 Å². The molecule has 1 aliphatic carbocycles. The summed E-state index contributed by atoms with van der Waals surface area (Å²) in [5.41, 5.74) is 6.30. The van der Waals surface area contributed by atoms with E-state index in [2.05, 4.69) is 28.9 Å². The Morgan fingerprint density at radius 2 is 2.00 bits per heavy atom. The summed E-state index contributed by atoms with van der Waals surface area (Å²) < 4.78 is 0.